The van der Waals surface area contributed by atoms with Gasteiger partial charge in [-0.15, -0.1) is 0 Å². The number of hydrogen-bond acceptors (Lipinski definition) is 3. The predicted molar refractivity (Wildman–Crippen MR) is 90.4 cm³/mol. The summed E-state index contributed by atoms with van der Waals surface area (Å²) in [5.74, 6) is -1.12. The van der Waals surface area contributed by atoms with Crippen LogP contribution < -0.4 is 10.6 Å². The molecule has 0 unspecified atom stereocenters. The number of ether oxygens (including phenoxy) is 1. The van der Waals surface area contributed by atoms with Crippen molar-refractivity contribution in [1.29, 1.82) is 0 Å². The van der Waals surface area contributed by atoms with Crippen LogP contribution in [-0.2, 0) is 14.3 Å². The van der Waals surface area contributed by atoms with Crippen molar-refractivity contribution in [2.75, 3.05) is 18.5 Å². The molecule has 0 spiro atoms. The van der Waals surface area contributed by atoms with Gasteiger partial charge in [-0.25, -0.2) is 0 Å². The summed E-state index contributed by atoms with van der Waals surface area (Å²) in [6, 6.07) is 6.67. The van der Waals surface area contributed by atoms with Crippen molar-refractivity contribution < 1.29 is 14.3 Å². The summed E-state index contributed by atoms with van der Waals surface area (Å²) < 4.78 is 5.77. The zero-order valence-electron chi connectivity index (χ0n) is 13.7. The lowest BCUT2D eigenvalue weighted by atomic mass is 9.81. The van der Waals surface area contributed by atoms with Crippen LogP contribution in [0.5, 0.6) is 0 Å². The van der Waals surface area contributed by atoms with Crippen LogP contribution in [0.3, 0.4) is 0 Å². The van der Waals surface area contributed by atoms with E-state index in [2.05, 4.69) is 31.4 Å². The van der Waals surface area contributed by atoms with Gasteiger partial charge < -0.3 is 15.4 Å². The van der Waals surface area contributed by atoms with Gasteiger partial charge in [0.2, 0.25) is 0 Å². The van der Waals surface area contributed by atoms with Crippen molar-refractivity contribution in [3.63, 3.8) is 0 Å². The lowest BCUT2D eigenvalue weighted by Gasteiger charge is -2.31. The zero-order chi connectivity index (χ0) is 17.0. The first kappa shape index (κ1) is 17.8. The molecule has 2 amide bonds. The number of carbonyl (C=O) groups is 2. The summed E-state index contributed by atoms with van der Waals surface area (Å²) in [5, 5.41) is 5.73. The summed E-state index contributed by atoms with van der Waals surface area (Å²) in [6.07, 6.45) is 0.969. The predicted octanol–water partition coefficient (Wildman–Crippen LogP) is 2.85. The van der Waals surface area contributed by atoms with E-state index in [9.17, 15) is 9.59 Å². The molecular formula is C17H23ClN2O3. The highest BCUT2D eigenvalue weighted by Crippen LogP contribution is 2.34. The van der Waals surface area contributed by atoms with Crippen LogP contribution >= 0.6 is 11.6 Å². The van der Waals surface area contributed by atoms with Gasteiger partial charge in [0, 0.05) is 29.8 Å². The fourth-order valence-electron chi connectivity index (χ4n) is 2.86. The van der Waals surface area contributed by atoms with Gasteiger partial charge in [-0.3, -0.25) is 9.59 Å². The molecular weight excluding hydrogens is 316 g/mol. The Morgan fingerprint density at radius 3 is 2.70 bits per heavy atom. The second kappa shape index (κ2) is 7.32. The fraction of sp³-hybridized carbons (Fsp3) is 0.529. The lowest BCUT2D eigenvalue weighted by molar-refractivity contribution is -0.136. The van der Waals surface area contributed by atoms with Crippen molar-refractivity contribution >= 4 is 29.1 Å². The third-order valence-electron chi connectivity index (χ3n) is 3.88. The Balaban J connectivity index is 1.86. The zero-order valence-corrected chi connectivity index (χ0v) is 14.4. The van der Waals surface area contributed by atoms with E-state index in [0.29, 0.717) is 23.9 Å². The molecule has 1 aromatic rings. The molecule has 0 saturated carbocycles. The standard InChI is InChI=1S/C17H23ClN2O3/c1-17(2,3)14-11(7-8-23-14)10-19-15(21)16(22)20-13-6-4-5-12(18)9-13/h4-6,9,11,14H,7-8,10H2,1-3H3,(H,19,21)(H,20,22)/t11-,14-/m0/s1. The first-order chi connectivity index (χ1) is 10.8. The first-order valence-corrected chi connectivity index (χ1v) is 8.11. The van der Waals surface area contributed by atoms with E-state index in [0.717, 1.165) is 6.42 Å². The third kappa shape index (κ3) is 4.94. The van der Waals surface area contributed by atoms with E-state index in [1.807, 2.05) is 0 Å². The number of carbonyl (C=O) groups excluding carboxylic acids is 2. The molecule has 1 heterocycles. The Morgan fingerprint density at radius 2 is 2.04 bits per heavy atom. The van der Waals surface area contributed by atoms with Crippen molar-refractivity contribution in [1.82, 2.24) is 5.32 Å². The van der Waals surface area contributed by atoms with Crippen LogP contribution in [0.2, 0.25) is 5.02 Å². The molecule has 1 saturated heterocycles. The average Bonchev–Trinajstić information content (AvgIpc) is 2.93. The molecule has 5 nitrogen and oxygen atoms in total. The van der Waals surface area contributed by atoms with E-state index >= 15 is 0 Å². The van der Waals surface area contributed by atoms with E-state index in [4.69, 9.17) is 16.3 Å². The normalized spacial score (nSPS) is 21.0. The number of halogens is 1. The Morgan fingerprint density at radius 1 is 1.30 bits per heavy atom. The minimum atomic E-state index is -0.696. The van der Waals surface area contributed by atoms with E-state index in [1.165, 1.54) is 0 Å². The maximum Gasteiger partial charge on any atom is 0.313 e. The molecule has 0 aliphatic carbocycles. The quantitative estimate of drug-likeness (QED) is 0.833. The van der Waals surface area contributed by atoms with Gasteiger partial charge >= 0.3 is 11.8 Å². The Labute approximate surface area is 141 Å². The van der Waals surface area contributed by atoms with Crippen LogP contribution in [0.25, 0.3) is 0 Å². The third-order valence-corrected chi connectivity index (χ3v) is 4.12. The summed E-state index contributed by atoms with van der Waals surface area (Å²) in [7, 11) is 0. The molecule has 0 aromatic heterocycles. The lowest BCUT2D eigenvalue weighted by Crippen LogP contribution is -2.42. The highest BCUT2D eigenvalue weighted by molar-refractivity contribution is 6.39. The van der Waals surface area contributed by atoms with Crippen LogP contribution in [0.1, 0.15) is 27.2 Å². The topological polar surface area (TPSA) is 67.4 Å². The average molecular weight is 339 g/mol. The Kier molecular flexibility index (Phi) is 5.65. The minimum absolute atomic E-state index is 0.00887. The maximum absolute atomic E-state index is 11.9. The molecule has 1 aliphatic heterocycles. The second-order valence-corrected chi connectivity index (χ2v) is 7.32. The van der Waals surface area contributed by atoms with Crippen LogP contribution in [0.4, 0.5) is 5.69 Å². The SMILES string of the molecule is CC(C)(C)[C@H]1OCC[C@H]1CNC(=O)C(=O)Nc1cccc(Cl)c1. The number of anilines is 1. The van der Waals surface area contributed by atoms with Crippen molar-refractivity contribution in [2.24, 2.45) is 11.3 Å². The number of rotatable bonds is 3. The number of nitrogens with one attached hydrogen (secondary N) is 2. The molecule has 2 atom stereocenters. The van der Waals surface area contributed by atoms with Gasteiger partial charge in [0.25, 0.3) is 0 Å². The van der Waals surface area contributed by atoms with Gasteiger partial charge in [-0.05, 0) is 30.0 Å². The van der Waals surface area contributed by atoms with Crippen LogP contribution in [0, 0.1) is 11.3 Å². The summed E-state index contributed by atoms with van der Waals surface area (Å²) in [4.78, 5) is 23.9. The molecule has 2 rings (SSSR count). The van der Waals surface area contributed by atoms with Gasteiger partial charge in [-0.1, -0.05) is 38.4 Å². The highest BCUT2D eigenvalue weighted by Gasteiger charge is 2.37. The maximum atomic E-state index is 11.9. The molecule has 0 bridgehead atoms. The van der Waals surface area contributed by atoms with Crippen LogP contribution in [-0.4, -0.2) is 31.1 Å². The fourth-order valence-corrected chi connectivity index (χ4v) is 3.05. The van der Waals surface area contributed by atoms with Crippen molar-refractivity contribution in [3.8, 4) is 0 Å². The summed E-state index contributed by atoms with van der Waals surface area (Å²) in [6.45, 7) is 7.47. The van der Waals surface area contributed by atoms with Crippen molar-refractivity contribution in [3.05, 3.63) is 29.3 Å². The number of hydrogen-bond donors (Lipinski definition) is 2. The van der Waals surface area contributed by atoms with Gasteiger partial charge in [0.1, 0.15) is 0 Å². The van der Waals surface area contributed by atoms with E-state index in [-0.39, 0.29) is 17.4 Å². The Hall–Kier alpha value is -1.59. The highest BCUT2D eigenvalue weighted by atomic mass is 35.5. The summed E-state index contributed by atoms with van der Waals surface area (Å²) in [5.41, 5.74) is 0.504. The first-order valence-electron chi connectivity index (χ1n) is 7.74. The van der Waals surface area contributed by atoms with Crippen LogP contribution in [0.15, 0.2) is 24.3 Å². The van der Waals surface area contributed by atoms with Gasteiger partial charge in [0.05, 0.1) is 6.10 Å². The Bertz CT molecular complexity index is 583. The molecule has 2 N–H and O–H groups in total. The molecule has 0 radical (unpaired) electrons. The minimum Gasteiger partial charge on any atom is -0.377 e. The molecule has 1 aliphatic rings. The molecule has 6 heteroatoms. The van der Waals surface area contributed by atoms with Gasteiger partial charge in [-0.2, -0.15) is 0 Å². The summed E-state index contributed by atoms with van der Waals surface area (Å²) >= 11 is 5.85. The molecule has 1 aromatic carbocycles. The van der Waals surface area contributed by atoms with Crippen molar-refractivity contribution in [2.45, 2.75) is 33.3 Å². The van der Waals surface area contributed by atoms with E-state index in [1.54, 1.807) is 24.3 Å². The smallest absolute Gasteiger partial charge is 0.313 e. The molecule has 23 heavy (non-hydrogen) atoms. The largest absolute Gasteiger partial charge is 0.377 e. The monoisotopic (exact) mass is 338 g/mol. The molecule has 126 valence electrons. The number of benzene rings is 1. The molecule has 1 fully saturated rings. The second-order valence-electron chi connectivity index (χ2n) is 6.88. The van der Waals surface area contributed by atoms with E-state index < -0.39 is 11.8 Å². The van der Waals surface area contributed by atoms with Gasteiger partial charge in [0.15, 0.2) is 0 Å². The number of amides is 2.